The SMILES string of the molecule is CN=C(NCc1cnc(N(C)C)n1C)NC1CCc2ccccc2C1. The highest BCUT2D eigenvalue weighted by atomic mass is 15.3. The topological polar surface area (TPSA) is 57.5 Å². The number of guanidine groups is 1. The van der Waals surface area contributed by atoms with Crippen molar-refractivity contribution in [1.82, 2.24) is 20.2 Å². The number of fused-ring (bicyclic) bond motifs is 1. The van der Waals surface area contributed by atoms with Crippen LogP contribution in [0.15, 0.2) is 35.5 Å². The number of hydrogen-bond donors (Lipinski definition) is 2. The Labute approximate surface area is 150 Å². The fourth-order valence-electron chi connectivity index (χ4n) is 3.40. The maximum Gasteiger partial charge on any atom is 0.204 e. The summed E-state index contributed by atoms with van der Waals surface area (Å²) in [5, 5.41) is 6.97. The van der Waals surface area contributed by atoms with Crippen molar-refractivity contribution in [3.8, 4) is 0 Å². The minimum absolute atomic E-state index is 0.421. The van der Waals surface area contributed by atoms with Crippen molar-refractivity contribution in [3.63, 3.8) is 0 Å². The molecule has 0 saturated heterocycles. The van der Waals surface area contributed by atoms with Gasteiger partial charge in [0.05, 0.1) is 18.4 Å². The van der Waals surface area contributed by atoms with Crippen molar-refractivity contribution in [2.75, 3.05) is 26.0 Å². The van der Waals surface area contributed by atoms with Gasteiger partial charge < -0.3 is 20.1 Å². The summed E-state index contributed by atoms with van der Waals surface area (Å²) in [6.45, 7) is 0.695. The summed E-state index contributed by atoms with van der Waals surface area (Å²) < 4.78 is 2.09. The van der Waals surface area contributed by atoms with E-state index in [4.69, 9.17) is 0 Å². The maximum absolute atomic E-state index is 4.45. The van der Waals surface area contributed by atoms with Gasteiger partial charge >= 0.3 is 0 Å². The van der Waals surface area contributed by atoms with E-state index in [1.54, 1.807) is 0 Å². The second-order valence-corrected chi connectivity index (χ2v) is 6.78. The van der Waals surface area contributed by atoms with Crippen LogP contribution in [0.1, 0.15) is 23.2 Å². The molecule has 2 aromatic rings. The Hall–Kier alpha value is -2.50. The van der Waals surface area contributed by atoms with Gasteiger partial charge in [-0.1, -0.05) is 24.3 Å². The minimum Gasteiger partial charge on any atom is -0.353 e. The lowest BCUT2D eigenvalue weighted by Crippen LogP contribution is -2.45. The molecule has 25 heavy (non-hydrogen) atoms. The van der Waals surface area contributed by atoms with E-state index in [1.807, 2.05) is 39.3 Å². The average Bonchev–Trinajstić information content (AvgIpc) is 2.99. The van der Waals surface area contributed by atoms with Gasteiger partial charge in [-0.25, -0.2) is 4.98 Å². The smallest absolute Gasteiger partial charge is 0.204 e. The van der Waals surface area contributed by atoms with Gasteiger partial charge in [-0.3, -0.25) is 4.99 Å². The van der Waals surface area contributed by atoms with Crippen LogP contribution in [-0.4, -0.2) is 42.7 Å². The molecule has 1 aliphatic carbocycles. The molecule has 0 spiro atoms. The Kier molecular flexibility index (Phi) is 5.26. The fourth-order valence-corrected chi connectivity index (χ4v) is 3.40. The van der Waals surface area contributed by atoms with E-state index < -0.39 is 0 Å². The lowest BCUT2D eigenvalue weighted by molar-refractivity contribution is 0.520. The first-order chi connectivity index (χ1) is 12.1. The summed E-state index contributed by atoms with van der Waals surface area (Å²) in [7, 11) is 7.86. The zero-order valence-corrected chi connectivity index (χ0v) is 15.6. The van der Waals surface area contributed by atoms with Crippen LogP contribution in [0, 0.1) is 0 Å². The molecule has 0 bridgehead atoms. The first kappa shape index (κ1) is 17.3. The highest BCUT2D eigenvalue weighted by molar-refractivity contribution is 5.80. The van der Waals surface area contributed by atoms with Crippen molar-refractivity contribution in [2.45, 2.75) is 31.8 Å². The third-order valence-electron chi connectivity index (χ3n) is 4.81. The van der Waals surface area contributed by atoms with Crippen LogP contribution in [0.3, 0.4) is 0 Å². The van der Waals surface area contributed by atoms with Gasteiger partial charge in [0.25, 0.3) is 0 Å². The normalized spacial score (nSPS) is 17.1. The van der Waals surface area contributed by atoms with E-state index in [0.717, 1.165) is 36.9 Å². The van der Waals surface area contributed by atoms with Crippen molar-refractivity contribution < 1.29 is 0 Å². The molecule has 6 heteroatoms. The zero-order valence-electron chi connectivity index (χ0n) is 15.6. The van der Waals surface area contributed by atoms with Gasteiger partial charge in [0.2, 0.25) is 5.95 Å². The number of nitrogens with one attached hydrogen (secondary N) is 2. The molecule has 1 aliphatic rings. The van der Waals surface area contributed by atoms with Gasteiger partial charge in [-0.15, -0.1) is 0 Å². The molecular formula is C19H28N6. The van der Waals surface area contributed by atoms with Crippen LogP contribution in [0.5, 0.6) is 0 Å². The number of benzene rings is 1. The van der Waals surface area contributed by atoms with Crippen LogP contribution in [0.25, 0.3) is 0 Å². The third kappa shape index (κ3) is 3.95. The molecule has 1 aromatic heterocycles. The summed E-state index contributed by atoms with van der Waals surface area (Å²) in [6, 6.07) is 9.15. The lowest BCUT2D eigenvalue weighted by atomic mass is 9.88. The number of anilines is 1. The van der Waals surface area contributed by atoms with E-state index in [0.29, 0.717) is 12.6 Å². The fraction of sp³-hybridized carbons (Fsp3) is 0.474. The summed E-state index contributed by atoms with van der Waals surface area (Å²) in [4.78, 5) is 10.8. The Morgan fingerprint density at radius 1 is 1.32 bits per heavy atom. The molecule has 0 fully saturated rings. The molecule has 0 saturated carbocycles. The Balaban J connectivity index is 1.57. The Bertz CT molecular complexity index is 746. The summed E-state index contributed by atoms with van der Waals surface area (Å²) in [5.41, 5.74) is 4.05. The van der Waals surface area contributed by atoms with Crippen molar-refractivity contribution in [2.24, 2.45) is 12.0 Å². The Morgan fingerprint density at radius 2 is 2.08 bits per heavy atom. The summed E-state index contributed by atoms with van der Waals surface area (Å²) in [6.07, 6.45) is 5.22. The van der Waals surface area contributed by atoms with Gasteiger partial charge in [-0.2, -0.15) is 0 Å². The van der Waals surface area contributed by atoms with Gasteiger partial charge in [0.15, 0.2) is 5.96 Å². The van der Waals surface area contributed by atoms with Crippen LogP contribution in [0.4, 0.5) is 5.95 Å². The zero-order chi connectivity index (χ0) is 17.8. The van der Waals surface area contributed by atoms with Gasteiger partial charge in [-0.05, 0) is 30.4 Å². The number of aliphatic imine (C=N–C) groups is 1. The largest absolute Gasteiger partial charge is 0.353 e. The van der Waals surface area contributed by atoms with Crippen molar-refractivity contribution in [3.05, 3.63) is 47.3 Å². The second kappa shape index (κ2) is 7.59. The second-order valence-electron chi connectivity index (χ2n) is 6.78. The predicted octanol–water partition coefficient (Wildman–Crippen LogP) is 1.71. The summed E-state index contributed by atoms with van der Waals surface area (Å²) in [5.74, 6) is 1.79. The number of rotatable bonds is 4. The minimum atomic E-state index is 0.421. The van der Waals surface area contributed by atoms with Gasteiger partial charge in [0, 0.05) is 34.2 Å². The van der Waals surface area contributed by atoms with E-state index >= 15 is 0 Å². The van der Waals surface area contributed by atoms with Crippen LogP contribution in [0.2, 0.25) is 0 Å². The maximum atomic E-state index is 4.45. The van der Waals surface area contributed by atoms with Crippen LogP contribution < -0.4 is 15.5 Å². The number of nitrogens with zero attached hydrogens (tertiary/aromatic N) is 4. The first-order valence-corrected chi connectivity index (χ1v) is 8.80. The van der Waals surface area contributed by atoms with E-state index in [-0.39, 0.29) is 0 Å². The van der Waals surface area contributed by atoms with Crippen molar-refractivity contribution >= 4 is 11.9 Å². The number of aryl methyl sites for hydroxylation is 1. The molecule has 1 aromatic carbocycles. The average molecular weight is 340 g/mol. The molecule has 1 heterocycles. The molecule has 0 radical (unpaired) electrons. The molecule has 1 unspecified atom stereocenters. The van der Waals surface area contributed by atoms with E-state index in [9.17, 15) is 0 Å². The first-order valence-electron chi connectivity index (χ1n) is 8.80. The number of hydrogen-bond acceptors (Lipinski definition) is 3. The number of imidazole rings is 1. The monoisotopic (exact) mass is 340 g/mol. The molecule has 134 valence electrons. The number of aromatic nitrogens is 2. The van der Waals surface area contributed by atoms with Crippen molar-refractivity contribution in [1.29, 1.82) is 0 Å². The standard InChI is InChI=1S/C19H28N6/c1-20-18(21-12-17-13-22-19(24(2)3)25(17)4)23-16-10-9-14-7-5-6-8-15(14)11-16/h5-8,13,16H,9-12H2,1-4H3,(H2,20,21,23). The molecule has 0 aliphatic heterocycles. The van der Waals surface area contributed by atoms with Crippen LogP contribution >= 0.6 is 0 Å². The predicted molar refractivity (Wildman–Crippen MR) is 103 cm³/mol. The molecule has 6 nitrogen and oxygen atoms in total. The molecule has 0 amide bonds. The Morgan fingerprint density at radius 3 is 2.76 bits per heavy atom. The highest BCUT2D eigenvalue weighted by Crippen LogP contribution is 2.21. The third-order valence-corrected chi connectivity index (χ3v) is 4.81. The van der Waals surface area contributed by atoms with Crippen LogP contribution in [-0.2, 0) is 26.4 Å². The molecule has 3 rings (SSSR count). The molecule has 2 N–H and O–H groups in total. The molecular weight excluding hydrogens is 312 g/mol. The quantitative estimate of drug-likeness (QED) is 0.657. The van der Waals surface area contributed by atoms with E-state index in [2.05, 4.69) is 49.4 Å². The molecule has 1 atom stereocenters. The summed E-state index contributed by atoms with van der Waals surface area (Å²) >= 11 is 0. The van der Waals surface area contributed by atoms with Gasteiger partial charge in [0.1, 0.15) is 0 Å². The van der Waals surface area contributed by atoms with E-state index in [1.165, 1.54) is 11.1 Å². The highest BCUT2D eigenvalue weighted by Gasteiger charge is 2.19. The lowest BCUT2D eigenvalue weighted by Gasteiger charge is -2.27.